The molecule has 0 aliphatic carbocycles. The predicted octanol–water partition coefficient (Wildman–Crippen LogP) is 1.16. The van der Waals surface area contributed by atoms with Crippen LogP contribution in [0.3, 0.4) is 0 Å². The minimum absolute atomic E-state index is 0.0724. The third-order valence-electron chi connectivity index (χ3n) is 2.62. The zero-order valence-corrected chi connectivity index (χ0v) is 8.23. The first kappa shape index (κ1) is 9.93. The molecule has 12 heavy (non-hydrogen) atoms. The Morgan fingerprint density at radius 1 is 1.50 bits per heavy atom. The zero-order valence-electron chi connectivity index (χ0n) is 8.23. The standard InChI is InChI=1S/C9H19FN2/c1-8(2,3)12-5-4-9(10,6-11)7-12/h4-7,11H2,1-3H3. The molecule has 0 aromatic carbocycles. The van der Waals surface area contributed by atoms with Crippen LogP contribution in [-0.2, 0) is 0 Å². The number of alkyl halides is 1. The second-order valence-electron chi connectivity index (χ2n) is 4.70. The molecule has 0 radical (unpaired) electrons. The van der Waals surface area contributed by atoms with Gasteiger partial charge in [-0.1, -0.05) is 0 Å². The summed E-state index contributed by atoms with van der Waals surface area (Å²) in [5.74, 6) is 0. The highest BCUT2D eigenvalue weighted by atomic mass is 19.1. The number of rotatable bonds is 1. The lowest BCUT2D eigenvalue weighted by Gasteiger charge is -2.32. The minimum atomic E-state index is -1.13. The summed E-state index contributed by atoms with van der Waals surface area (Å²) in [4.78, 5) is 2.15. The second-order valence-corrected chi connectivity index (χ2v) is 4.70. The van der Waals surface area contributed by atoms with Crippen LogP contribution in [-0.4, -0.2) is 35.7 Å². The third kappa shape index (κ3) is 1.96. The topological polar surface area (TPSA) is 29.3 Å². The van der Waals surface area contributed by atoms with Crippen molar-refractivity contribution in [3.05, 3.63) is 0 Å². The maximum absolute atomic E-state index is 13.7. The van der Waals surface area contributed by atoms with E-state index in [0.717, 1.165) is 6.54 Å². The molecular weight excluding hydrogens is 155 g/mol. The Balaban J connectivity index is 2.57. The summed E-state index contributed by atoms with van der Waals surface area (Å²) in [7, 11) is 0. The first-order valence-corrected chi connectivity index (χ1v) is 4.51. The van der Waals surface area contributed by atoms with Gasteiger partial charge in [0.15, 0.2) is 0 Å². The van der Waals surface area contributed by atoms with Crippen molar-refractivity contribution in [2.45, 2.75) is 38.4 Å². The van der Waals surface area contributed by atoms with Crippen molar-refractivity contribution < 1.29 is 4.39 Å². The lowest BCUT2D eigenvalue weighted by molar-refractivity contribution is 0.123. The number of likely N-dealkylation sites (tertiary alicyclic amines) is 1. The molecule has 0 bridgehead atoms. The maximum atomic E-state index is 13.7. The maximum Gasteiger partial charge on any atom is 0.137 e. The molecule has 1 unspecified atom stereocenters. The Hall–Kier alpha value is -0.150. The Morgan fingerprint density at radius 2 is 2.08 bits per heavy atom. The van der Waals surface area contributed by atoms with Gasteiger partial charge in [0.1, 0.15) is 5.67 Å². The second kappa shape index (κ2) is 2.96. The van der Waals surface area contributed by atoms with Crippen molar-refractivity contribution in [3.63, 3.8) is 0 Å². The summed E-state index contributed by atoms with van der Waals surface area (Å²) in [6, 6.07) is 0. The molecule has 1 aliphatic heterocycles. The van der Waals surface area contributed by atoms with Crippen LogP contribution >= 0.6 is 0 Å². The van der Waals surface area contributed by atoms with Crippen molar-refractivity contribution in [2.24, 2.45) is 5.73 Å². The average molecular weight is 174 g/mol. The van der Waals surface area contributed by atoms with Gasteiger partial charge in [0.05, 0.1) is 0 Å². The highest BCUT2D eigenvalue weighted by Gasteiger charge is 2.40. The van der Waals surface area contributed by atoms with E-state index in [1.54, 1.807) is 0 Å². The molecule has 0 amide bonds. The Morgan fingerprint density at radius 3 is 2.33 bits per heavy atom. The summed E-state index contributed by atoms with van der Waals surface area (Å²) in [6.07, 6.45) is 0.584. The van der Waals surface area contributed by atoms with Gasteiger partial charge in [-0.05, 0) is 27.2 Å². The monoisotopic (exact) mass is 174 g/mol. The Labute approximate surface area is 73.9 Å². The van der Waals surface area contributed by atoms with Crippen molar-refractivity contribution >= 4 is 0 Å². The first-order chi connectivity index (χ1) is 5.37. The predicted molar refractivity (Wildman–Crippen MR) is 48.8 cm³/mol. The van der Waals surface area contributed by atoms with Crippen molar-refractivity contribution in [2.75, 3.05) is 19.6 Å². The Bertz CT molecular complexity index is 164. The number of hydrogen-bond donors (Lipinski definition) is 1. The van der Waals surface area contributed by atoms with E-state index in [4.69, 9.17) is 5.73 Å². The van der Waals surface area contributed by atoms with E-state index in [2.05, 4.69) is 25.7 Å². The molecular formula is C9H19FN2. The van der Waals surface area contributed by atoms with Crippen molar-refractivity contribution in [1.82, 2.24) is 4.90 Å². The van der Waals surface area contributed by atoms with Crippen LogP contribution in [0.5, 0.6) is 0 Å². The van der Waals surface area contributed by atoms with E-state index < -0.39 is 5.67 Å². The van der Waals surface area contributed by atoms with Gasteiger partial charge in [-0.2, -0.15) is 0 Å². The fraction of sp³-hybridized carbons (Fsp3) is 1.00. The molecule has 72 valence electrons. The quantitative estimate of drug-likeness (QED) is 0.646. The van der Waals surface area contributed by atoms with Gasteiger partial charge in [0, 0.05) is 25.2 Å². The minimum Gasteiger partial charge on any atom is -0.327 e. The van der Waals surface area contributed by atoms with Gasteiger partial charge in [0.25, 0.3) is 0 Å². The van der Waals surface area contributed by atoms with E-state index in [1.807, 2.05) is 0 Å². The largest absolute Gasteiger partial charge is 0.327 e. The summed E-state index contributed by atoms with van der Waals surface area (Å²) in [5.41, 5.74) is 4.31. The van der Waals surface area contributed by atoms with Gasteiger partial charge in [-0.15, -0.1) is 0 Å². The molecule has 1 heterocycles. The number of nitrogens with zero attached hydrogens (tertiary/aromatic N) is 1. The lowest BCUT2D eigenvalue weighted by Crippen LogP contribution is -2.43. The van der Waals surface area contributed by atoms with Crippen molar-refractivity contribution in [3.8, 4) is 0 Å². The smallest absolute Gasteiger partial charge is 0.137 e. The van der Waals surface area contributed by atoms with Crippen LogP contribution in [0.25, 0.3) is 0 Å². The van der Waals surface area contributed by atoms with Crippen molar-refractivity contribution in [1.29, 1.82) is 0 Å². The molecule has 1 atom stereocenters. The van der Waals surface area contributed by atoms with Crippen LogP contribution in [0.15, 0.2) is 0 Å². The number of nitrogens with two attached hydrogens (primary N) is 1. The average Bonchev–Trinajstić information content (AvgIpc) is 2.32. The van der Waals surface area contributed by atoms with Crippen LogP contribution in [0.1, 0.15) is 27.2 Å². The van der Waals surface area contributed by atoms with Gasteiger partial charge in [0.2, 0.25) is 0 Å². The van der Waals surface area contributed by atoms with E-state index in [-0.39, 0.29) is 12.1 Å². The number of halogens is 1. The molecule has 0 aromatic heterocycles. The van der Waals surface area contributed by atoms with Crippen LogP contribution < -0.4 is 5.73 Å². The highest BCUT2D eigenvalue weighted by molar-refractivity contribution is 4.95. The molecule has 0 saturated carbocycles. The fourth-order valence-electron chi connectivity index (χ4n) is 1.57. The molecule has 0 spiro atoms. The summed E-state index contributed by atoms with van der Waals surface area (Å²) in [5, 5.41) is 0. The van der Waals surface area contributed by atoms with E-state index in [0.29, 0.717) is 13.0 Å². The van der Waals surface area contributed by atoms with Crippen LogP contribution in [0.2, 0.25) is 0 Å². The molecule has 1 rings (SSSR count). The molecule has 2 nitrogen and oxygen atoms in total. The molecule has 0 aromatic rings. The van der Waals surface area contributed by atoms with Crippen LogP contribution in [0, 0.1) is 0 Å². The SMILES string of the molecule is CC(C)(C)N1CCC(F)(CN)C1. The Kier molecular flexibility index (Phi) is 2.45. The molecule has 1 aliphatic rings. The summed E-state index contributed by atoms with van der Waals surface area (Å²) >= 11 is 0. The normalized spacial score (nSPS) is 32.8. The van der Waals surface area contributed by atoms with Gasteiger partial charge >= 0.3 is 0 Å². The molecule has 1 saturated heterocycles. The fourth-order valence-corrected chi connectivity index (χ4v) is 1.57. The molecule has 1 fully saturated rings. The first-order valence-electron chi connectivity index (χ1n) is 4.51. The third-order valence-corrected chi connectivity index (χ3v) is 2.62. The van der Waals surface area contributed by atoms with Crippen LogP contribution in [0.4, 0.5) is 4.39 Å². The molecule has 2 N–H and O–H groups in total. The van der Waals surface area contributed by atoms with E-state index in [1.165, 1.54) is 0 Å². The van der Waals surface area contributed by atoms with Gasteiger partial charge in [-0.25, -0.2) is 4.39 Å². The van der Waals surface area contributed by atoms with E-state index >= 15 is 0 Å². The summed E-state index contributed by atoms with van der Waals surface area (Å²) < 4.78 is 13.7. The van der Waals surface area contributed by atoms with Gasteiger partial charge < -0.3 is 5.73 Å². The van der Waals surface area contributed by atoms with E-state index in [9.17, 15) is 4.39 Å². The number of hydrogen-bond acceptors (Lipinski definition) is 2. The highest BCUT2D eigenvalue weighted by Crippen LogP contribution is 2.29. The molecule has 3 heteroatoms. The zero-order chi connectivity index (χ0) is 9.41. The van der Waals surface area contributed by atoms with Gasteiger partial charge in [-0.3, -0.25) is 4.90 Å². The summed E-state index contributed by atoms with van der Waals surface area (Å²) in [6.45, 7) is 7.80. The lowest BCUT2D eigenvalue weighted by atomic mass is 10.1.